The lowest BCUT2D eigenvalue weighted by Crippen LogP contribution is -2.20. The molecule has 0 aliphatic rings. The molecule has 0 saturated heterocycles. The molecule has 0 spiro atoms. The van der Waals surface area contributed by atoms with Crippen molar-refractivity contribution in [1.82, 2.24) is 0 Å². The molecule has 13 heavy (non-hydrogen) atoms. The summed E-state index contributed by atoms with van der Waals surface area (Å²) >= 11 is 0. The van der Waals surface area contributed by atoms with Gasteiger partial charge in [0.05, 0.1) is 6.21 Å². The van der Waals surface area contributed by atoms with Crippen LogP contribution in [-0.2, 0) is 5.54 Å². The molecule has 0 aliphatic carbocycles. The van der Waals surface area contributed by atoms with Gasteiger partial charge in [0.1, 0.15) is 0 Å². The van der Waals surface area contributed by atoms with Gasteiger partial charge in [-0.3, -0.25) is 0 Å². The normalized spacial score (nSPS) is 15.5. The molecule has 4 heteroatoms. The molecule has 1 atom stereocenters. The largest absolute Gasteiger partial charge is 0.411 e. The van der Waals surface area contributed by atoms with E-state index in [0.29, 0.717) is 5.56 Å². The summed E-state index contributed by atoms with van der Waals surface area (Å²) in [6.07, 6.45) is 1.11. The minimum absolute atomic E-state index is 0.697. The van der Waals surface area contributed by atoms with Crippen LogP contribution in [0.2, 0.25) is 0 Å². The third-order valence-corrected chi connectivity index (χ3v) is 1.86. The summed E-state index contributed by atoms with van der Waals surface area (Å²) in [6.45, 7) is 1.58. The number of oxime groups is 1. The molecule has 4 nitrogen and oxygen atoms in total. The van der Waals surface area contributed by atoms with Crippen molar-refractivity contribution in [3.05, 3.63) is 40.8 Å². The van der Waals surface area contributed by atoms with Crippen molar-refractivity contribution in [3.63, 3.8) is 0 Å². The summed E-state index contributed by atoms with van der Waals surface area (Å²) in [5.41, 5.74) is -0.390. The lowest BCUT2D eigenvalue weighted by molar-refractivity contribution is 0.317. The standard InChI is InChI=1S/C9H10N2O2/c1-9(11-13,7-10-12)8-5-3-2-4-6-8/h2-7,12H,1H3/b10-7+/t9-/m1/s1. The number of rotatable bonds is 3. The van der Waals surface area contributed by atoms with Gasteiger partial charge in [-0.05, 0) is 12.5 Å². The molecular formula is C9H10N2O2. The maximum absolute atomic E-state index is 10.6. The zero-order valence-electron chi connectivity index (χ0n) is 7.21. The Morgan fingerprint density at radius 1 is 1.38 bits per heavy atom. The number of nitroso groups, excluding NO2 is 1. The van der Waals surface area contributed by atoms with E-state index in [4.69, 9.17) is 5.21 Å². The van der Waals surface area contributed by atoms with Gasteiger partial charge in [0, 0.05) is 0 Å². The summed E-state index contributed by atoms with van der Waals surface area (Å²) in [5.74, 6) is 0. The Morgan fingerprint density at radius 3 is 2.46 bits per heavy atom. The minimum atomic E-state index is -1.09. The van der Waals surface area contributed by atoms with E-state index >= 15 is 0 Å². The van der Waals surface area contributed by atoms with Gasteiger partial charge in [-0.25, -0.2) is 0 Å². The van der Waals surface area contributed by atoms with Gasteiger partial charge in [-0.1, -0.05) is 40.7 Å². The summed E-state index contributed by atoms with van der Waals surface area (Å²) in [5, 5.41) is 14.1. The predicted molar refractivity (Wildman–Crippen MR) is 49.9 cm³/mol. The fraction of sp³-hybridized carbons (Fsp3) is 0.222. The lowest BCUT2D eigenvalue weighted by atomic mass is 9.95. The van der Waals surface area contributed by atoms with Crippen LogP contribution < -0.4 is 0 Å². The number of hydrogen-bond donors (Lipinski definition) is 1. The van der Waals surface area contributed by atoms with E-state index in [1.54, 1.807) is 31.2 Å². The minimum Gasteiger partial charge on any atom is -0.411 e. The highest BCUT2D eigenvalue weighted by Crippen LogP contribution is 2.22. The van der Waals surface area contributed by atoms with Crippen LogP contribution in [0, 0.1) is 4.91 Å². The Balaban J connectivity index is 3.10. The number of benzene rings is 1. The lowest BCUT2D eigenvalue weighted by Gasteiger charge is -2.14. The molecule has 1 aromatic rings. The van der Waals surface area contributed by atoms with Crippen molar-refractivity contribution in [2.75, 3.05) is 0 Å². The monoisotopic (exact) mass is 178 g/mol. The summed E-state index contributed by atoms with van der Waals surface area (Å²) < 4.78 is 0. The Bertz CT molecular complexity index is 311. The molecule has 0 bridgehead atoms. The first-order chi connectivity index (χ1) is 6.23. The van der Waals surface area contributed by atoms with E-state index in [9.17, 15) is 4.91 Å². The van der Waals surface area contributed by atoms with Crippen molar-refractivity contribution < 1.29 is 5.21 Å². The van der Waals surface area contributed by atoms with Gasteiger partial charge in [0.2, 0.25) is 0 Å². The van der Waals surface area contributed by atoms with Crippen LogP contribution in [0.1, 0.15) is 12.5 Å². The molecular weight excluding hydrogens is 168 g/mol. The van der Waals surface area contributed by atoms with E-state index in [1.165, 1.54) is 0 Å². The summed E-state index contributed by atoms with van der Waals surface area (Å²) in [4.78, 5) is 10.6. The third kappa shape index (κ3) is 1.90. The SMILES string of the molecule is C[C@](/C=N/O)(N=O)c1ccccc1. The van der Waals surface area contributed by atoms with Crippen molar-refractivity contribution in [1.29, 1.82) is 0 Å². The zero-order chi connectivity index (χ0) is 9.73. The quantitative estimate of drug-likeness (QED) is 0.333. The van der Waals surface area contributed by atoms with Gasteiger partial charge in [0.25, 0.3) is 0 Å². The van der Waals surface area contributed by atoms with Gasteiger partial charge < -0.3 is 5.21 Å². The fourth-order valence-electron chi connectivity index (χ4n) is 1.04. The van der Waals surface area contributed by atoms with E-state index in [-0.39, 0.29) is 0 Å². The Morgan fingerprint density at radius 2 is 2.00 bits per heavy atom. The van der Waals surface area contributed by atoms with Crippen LogP contribution in [0.4, 0.5) is 0 Å². The van der Waals surface area contributed by atoms with Crippen LogP contribution in [0.15, 0.2) is 40.7 Å². The zero-order valence-corrected chi connectivity index (χ0v) is 7.21. The van der Waals surface area contributed by atoms with Crippen molar-refractivity contribution >= 4 is 6.21 Å². The number of hydrogen-bond acceptors (Lipinski definition) is 4. The van der Waals surface area contributed by atoms with Crippen LogP contribution in [0.5, 0.6) is 0 Å². The van der Waals surface area contributed by atoms with Gasteiger partial charge in [0.15, 0.2) is 5.54 Å². The topological polar surface area (TPSA) is 62.0 Å². The molecule has 1 rings (SSSR count). The molecule has 1 N–H and O–H groups in total. The first-order valence-electron chi connectivity index (χ1n) is 3.81. The molecule has 0 heterocycles. The molecule has 0 aliphatic heterocycles. The average molecular weight is 178 g/mol. The van der Waals surface area contributed by atoms with Crippen molar-refractivity contribution in [2.45, 2.75) is 12.5 Å². The molecule has 68 valence electrons. The van der Waals surface area contributed by atoms with Crippen LogP contribution >= 0.6 is 0 Å². The molecule has 0 amide bonds. The fourth-order valence-corrected chi connectivity index (χ4v) is 1.04. The van der Waals surface area contributed by atoms with E-state index in [1.807, 2.05) is 6.07 Å². The highest BCUT2D eigenvalue weighted by molar-refractivity contribution is 5.71. The Kier molecular flexibility index (Phi) is 2.74. The third-order valence-electron chi connectivity index (χ3n) is 1.86. The Labute approximate surface area is 75.9 Å². The highest BCUT2D eigenvalue weighted by atomic mass is 16.4. The Hall–Kier alpha value is -1.71. The first-order valence-corrected chi connectivity index (χ1v) is 3.81. The maximum atomic E-state index is 10.6. The van der Waals surface area contributed by atoms with Gasteiger partial charge >= 0.3 is 0 Å². The second kappa shape index (κ2) is 3.80. The van der Waals surface area contributed by atoms with Crippen LogP contribution in [-0.4, -0.2) is 11.4 Å². The van der Waals surface area contributed by atoms with Gasteiger partial charge in [-0.15, -0.1) is 4.91 Å². The average Bonchev–Trinajstić information content (AvgIpc) is 2.19. The highest BCUT2D eigenvalue weighted by Gasteiger charge is 2.25. The number of nitrogens with zero attached hydrogens (tertiary/aromatic N) is 2. The summed E-state index contributed by atoms with van der Waals surface area (Å²) in [6, 6.07) is 8.94. The van der Waals surface area contributed by atoms with Gasteiger partial charge in [-0.2, -0.15) is 0 Å². The smallest absolute Gasteiger partial charge is 0.163 e. The second-order valence-corrected chi connectivity index (χ2v) is 2.85. The maximum Gasteiger partial charge on any atom is 0.163 e. The van der Waals surface area contributed by atoms with Crippen LogP contribution in [0.25, 0.3) is 0 Å². The van der Waals surface area contributed by atoms with Crippen molar-refractivity contribution in [2.24, 2.45) is 10.3 Å². The molecule has 0 unspecified atom stereocenters. The van der Waals surface area contributed by atoms with Crippen LogP contribution in [0.3, 0.4) is 0 Å². The first kappa shape index (κ1) is 9.38. The second-order valence-electron chi connectivity index (χ2n) is 2.85. The van der Waals surface area contributed by atoms with Crippen molar-refractivity contribution in [3.8, 4) is 0 Å². The summed E-state index contributed by atoms with van der Waals surface area (Å²) in [7, 11) is 0. The molecule has 0 saturated carbocycles. The van der Waals surface area contributed by atoms with E-state index in [0.717, 1.165) is 6.21 Å². The van der Waals surface area contributed by atoms with E-state index < -0.39 is 5.54 Å². The molecule has 0 fully saturated rings. The molecule has 0 aromatic heterocycles. The molecule has 0 radical (unpaired) electrons. The predicted octanol–water partition coefficient (Wildman–Crippen LogP) is 2.13. The molecule has 1 aromatic carbocycles. The van der Waals surface area contributed by atoms with E-state index in [2.05, 4.69) is 10.3 Å².